The van der Waals surface area contributed by atoms with E-state index in [0.717, 1.165) is 12.8 Å². The molecule has 3 aromatic rings. The van der Waals surface area contributed by atoms with Crippen LogP contribution in [0.1, 0.15) is 41.5 Å². The molecule has 128 valence electrons. The summed E-state index contributed by atoms with van der Waals surface area (Å²) < 4.78 is 0. The van der Waals surface area contributed by atoms with Crippen LogP contribution in [-0.4, -0.2) is 0 Å². The standard InChI is InChI=1S/C26H24/c1-17-8-9-20-10-12-23-22-13-11-21(19-6-4-3-5-7-19)16-24(22)18(2)15-26(23)25(20)14-17/h3-14,18,21H,15-16H2,1-2H3. The van der Waals surface area contributed by atoms with Gasteiger partial charge in [-0.2, -0.15) is 0 Å². The fourth-order valence-corrected chi connectivity index (χ4v) is 4.79. The summed E-state index contributed by atoms with van der Waals surface area (Å²) in [5, 5.41) is 2.81. The van der Waals surface area contributed by atoms with Crippen molar-refractivity contribution in [3.63, 3.8) is 0 Å². The van der Waals surface area contributed by atoms with Gasteiger partial charge in [-0.25, -0.2) is 0 Å². The van der Waals surface area contributed by atoms with Crippen molar-refractivity contribution < 1.29 is 0 Å². The number of hydrogen-bond acceptors (Lipinski definition) is 0. The van der Waals surface area contributed by atoms with Gasteiger partial charge in [-0.3, -0.25) is 0 Å². The molecule has 0 saturated carbocycles. The first-order valence-corrected chi connectivity index (χ1v) is 9.69. The van der Waals surface area contributed by atoms with E-state index in [1.807, 2.05) is 0 Å². The van der Waals surface area contributed by atoms with E-state index in [-0.39, 0.29) is 0 Å². The third-order valence-electron chi connectivity index (χ3n) is 6.19. The van der Waals surface area contributed by atoms with Crippen LogP contribution in [0.25, 0.3) is 16.3 Å². The lowest BCUT2D eigenvalue weighted by Crippen LogP contribution is -2.18. The summed E-state index contributed by atoms with van der Waals surface area (Å²) in [5.41, 5.74) is 8.90. The van der Waals surface area contributed by atoms with E-state index in [9.17, 15) is 0 Å². The molecule has 3 aromatic carbocycles. The molecule has 2 aliphatic rings. The number of benzene rings is 3. The lowest BCUT2D eigenvalue weighted by atomic mass is 9.71. The first-order valence-electron chi connectivity index (χ1n) is 9.69. The molecule has 0 heterocycles. The third-order valence-corrected chi connectivity index (χ3v) is 6.19. The van der Waals surface area contributed by atoms with Crippen LogP contribution in [0.15, 0.2) is 78.4 Å². The van der Waals surface area contributed by atoms with Crippen LogP contribution >= 0.6 is 0 Å². The van der Waals surface area contributed by atoms with Gasteiger partial charge >= 0.3 is 0 Å². The largest absolute Gasteiger partial charge is 0.0761 e. The average Bonchev–Trinajstić information content (AvgIpc) is 2.68. The van der Waals surface area contributed by atoms with E-state index < -0.39 is 0 Å². The summed E-state index contributed by atoms with van der Waals surface area (Å²) in [6.07, 6.45) is 7.12. The normalized spacial score (nSPS) is 21.6. The van der Waals surface area contributed by atoms with Crippen LogP contribution < -0.4 is 0 Å². The van der Waals surface area contributed by atoms with Gasteiger partial charge in [-0.15, -0.1) is 0 Å². The van der Waals surface area contributed by atoms with Crippen molar-refractivity contribution in [1.82, 2.24) is 0 Å². The first kappa shape index (κ1) is 15.6. The van der Waals surface area contributed by atoms with Gasteiger partial charge in [0.15, 0.2) is 0 Å². The summed E-state index contributed by atoms with van der Waals surface area (Å²) >= 11 is 0. The maximum Gasteiger partial charge on any atom is 0.00589 e. The highest BCUT2D eigenvalue weighted by atomic mass is 14.3. The van der Waals surface area contributed by atoms with Gasteiger partial charge in [-0.1, -0.05) is 90.9 Å². The van der Waals surface area contributed by atoms with Crippen molar-refractivity contribution in [3.8, 4) is 0 Å². The highest BCUT2D eigenvalue weighted by molar-refractivity contribution is 5.94. The summed E-state index contributed by atoms with van der Waals surface area (Å²) in [6.45, 7) is 4.61. The number of aryl methyl sites for hydroxylation is 1. The van der Waals surface area contributed by atoms with Gasteiger partial charge in [0.1, 0.15) is 0 Å². The number of fused-ring (bicyclic) bond motifs is 4. The third kappa shape index (κ3) is 2.44. The lowest BCUT2D eigenvalue weighted by molar-refractivity contribution is 0.614. The summed E-state index contributed by atoms with van der Waals surface area (Å²) in [6, 6.07) is 22.4. The Hall–Kier alpha value is -2.60. The predicted octanol–water partition coefficient (Wildman–Crippen LogP) is 6.84. The second-order valence-corrected chi connectivity index (χ2v) is 7.94. The van der Waals surface area contributed by atoms with Crippen molar-refractivity contribution in [2.24, 2.45) is 5.92 Å². The average molecular weight is 336 g/mol. The van der Waals surface area contributed by atoms with Crippen LogP contribution in [0, 0.1) is 12.8 Å². The quantitative estimate of drug-likeness (QED) is 0.456. The molecule has 0 heteroatoms. The second kappa shape index (κ2) is 5.99. The van der Waals surface area contributed by atoms with Crippen molar-refractivity contribution in [1.29, 1.82) is 0 Å². The topological polar surface area (TPSA) is 0 Å². The van der Waals surface area contributed by atoms with E-state index in [1.165, 1.54) is 33.0 Å². The molecule has 0 spiro atoms. The molecule has 0 radical (unpaired) electrons. The zero-order valence-corrected chi connectivity index (χ0v) is 15.5. The minimum atomic E-state index is 0.515. The fourth-order valence-electron chi connectivity index (χ4n) is 4.79. The van der Waals surface area contributed by atoms with E-state index in [4.69, 9.17) is 0 Å². The summed E-state index contributed by atoms with van der Waals surface area (Å²) in [4.78, 5) is 0. The Morgan fingerprint density at radius 1 is 0.885 bits per heavy atom. The van der Waals surface area contributed by atoms with Gasteiger partial charge in [-0.05, 0) is 58.7 Å². The van der Waals surface area contributed by atoms with Gasteiger partial charge in [0.2, 0.25) is 0 Å². The van der Waals surface area contributed by atoms with Gasteiger partial charge < -0.3 is 0 Å². The predicted molar refractivity (Wildman–Crippen MR) is 111 cm³/mol. The summed E-state index contributed by atoms with van der Waals surface area (Å²) in [7, 11) is 0. The Kier molecular flexibility index (Phi) is 3.60. The van der Waals surface area contributed by atoms with Gasteiger partial charge in [0, 0.05) is 5.92 Å². The van der Waals surface area contributed by atoms with Crippen molar-refractivity contribution in [3.05, 3.63) is 101 Å². The molecule has 0 bridgehead atoms. The number of rotatable bonds is 1. The highest BCUT2D eigenvalue weighted by Crippen LogP contribution is 2.45. The molecule has 26 heavy (non-hydrogen) atoms. The Balaban J connectivity index is 1.62. The van der Waals surface area contributed by atoms with Crippen LogP contribution in [0.5, 0.6) is 0 Å². The molecule has 0 N–H and O–H groups in total. The van der Waals surface area contributed by atoms with E-state index >= 15 is 0 Å². The molecule has 2 aliphatic carbocycles. The molecule has 0 aliphatic heterocycles. The van der Waals surface area contributed by atoms with E-state index in [1.54, 1.807) is 11.1 Å². The molecule has 2 unspecified atom stereocenters. The Morgan fingerprint density at radius 3 is 2.54 bits per heavy atom. The minimum Gasteiger partial charge on any atom is -0.0761 e. The Bertz CT molecular complexity index is 1050. The molecule has 0 amide bonds. The van der Waals surface area contributed by atoms with Crippen LogP contribution in [0.4, 0.5) is 0 Å². The minimum absolute atomic E-state index is 0.515. The first-order chi connectivity index (χ1) is 12.7. The molecular formula is C26H24. The molecule has 0 fully saturated rings. The van der Waals surface area contributed by atoms with E-state index in [2.05, 4.69) is 86.7 Å². The van der Waals surface area contributed by atoms with Crippen LogP contribution in [0.3, 0.4) is 0 Å². The number of hydrogen-bond donors (Lipinski definition) is 0. The number of allylic oxidation sites excluding steroid dienone is 4. The molecule has 0 nitrogen and oxygen atoms in total. The highest BCUT2D eigenvalue weighted by Gasteiger charge is 2.28. The van der Waals surface area contributed by atoms with Crippen LogP contribution in [0.2, 0.25) is 0 Å². The second-order valence-electron chi connectivity index (χ2n) is 7.94. The molecule has 2 atom stereocenters. The van der Waals surface area contributed by atoms with E-state index in [0.29, 0.717) is 11.8 Å². The smallest absolute Gasteiger partial charge is 0.00589 e. The van der Waals surface area contributed by atoms with Crippen molar-refractivity contribution in [2.45, 2.75) is 32.6 Å². The fraction of sp³-hybridized carbons (Fsp3) is 0.231. The van der Waals surface area contributed by atoms with Gasteiger partial charge in [0.05, 0.1) is 0 Å². The van der Waals surface area contributed by atoms with Crippen molar-refractivity contribution >= 4 is 16.3 Å². The Morgan fingerprint density at radius 2 is 1.69 bits per heavy atom. The SMILES string of the molecule is Cc1ccc2ccc3c(c2c1)CC(C)C1=C3C=CC(c2ccccc2)C1. The zero-order chi connectivity index (χ0) is 17.7. The molecular weight excluding hydrogens is 312 g/mol. The van der Waals surface area contributed by atoms with Gasteiger partial charge in [0.25, 0.3) is 0 Å². The lowest BCUT2D eigenvalue weighted by Gasteiger charge is -2.33. The molecule has 5 rings (SSSR count). The molecule has 0 saturated heterocycles. The zero-order valence-electron chi connectivity index (χ0n) is 15.5. The summed E-state index contributed by atoms with van der Waals surface area (Å²) in [5.74, 6) is 1.13. The Labute approximate surface area is 155 Å². The maximum absolute atomic E-state index is 2.41. The monoisotopic (exact) mass is 336 g/mol. The van der Waals surface area contributed by atoms with Crippen molar-refractivity contribution in [2.75, 3.05) is 0 Å². The molecule has 0 aromatic heterocycles. The van der Waals surface area contributed by atoms with Crippen LogP contribution in [-0.2, 0) is 6.42 Å². The maximum atomic E-state index is 2.41.